The minimum atomic E-state index is -0.763. The van der Waals surface area contributed by atoms with Crippen LogP contribution in [0.3, 0.4) is 0 Å². The van der Waals surface area contributed by atoms with Crippen LogP contribution in [0, 0.1) is 11.8 Å². The number of esters is 3. The van der Waals surface area contributed by atoms with E-state index in [2.05, 4.69) is 34.6 Å². The summed E-state index contributed by atoms with van der Waals surface area (Å²) in [6, 6.07) is 0. The molecule has 0 aliphatic heterocycles. The van der Waals surface area contributed by atoms with Gasteiger partial charge in [0.05, 0.1) is 0 Å². The lowest BCUT2D eigenvalue weighted by molar-refractivity contribution is -0.167. The van der Waals surface area contributed by atoms with Gasteiger partial charge in [-0.3, -0.25) is 14.4 Å². The van der Waals surface area contributed by atoms with Crippen LogP contribution in [0.25, 0.3) is 0 Å². The maximum absolute atomic E-state index is 12.9. The monoisotopic (exact) mass is 933 g/mol. The van der Waals surface area contributed by atoms with E-state index >= 15 is 0 Å². The van der Waals surface area contributed by atoms with Crippen molar-refractivity contribution in [2.24, 2.45) is 11.8 Å². The third-order valence-electron chi connectivity index (χ3n) is 14.1. The molecule has 6 heteroatoms. The Morgan fingerprint density at radius 3 is 0.864 bits per heavy atom. The third kappa shape index (κ3) is 51.8. The highest BCUT2D eigenvalue weighted by Gasteiger charge is 2.19. The molecule has 66 heavy (non-hydrogen) atoms. The predicted octanol–water partition coefficient (Wildman–Crippen LogP) is 19.7. The van der Waals surface area contributed by atoms with Crippen LogP contribution in [0.5, 0.6) is 0 Å². The molecule has 6 nitrogen and oxygen atoms in total. The molecule has 2 atom stereocenters. The molecule has 0 aliphatic carbocycles. The van der Waals surface area contributed by atoms with E-state index in [1.54, 1.807) is 0 Å². The summed E-state index contributed by atoms with van der Waals surface area (Å²) in [5.41, 5.74) is 0. The highest BCUT2D eigenvalue weighted by atomic mass is 16.6. The first-order valence-corrected chi connectivity index (χ1v) is 29.8. The topological polar surface area (TPSA) is 78.9 Å². The van der Waals surface area contributed by atoms with Gasteiger partial charge in [-0.25, -0.2) is 0 Å². The molecule has 392 valence electrons. The fourth-order valence-corrected chi connectivity index (χ4v) is 9.20. The molecule has 0 amide bonds. The molecule has 0 aromatic carbocycles. The van der Waals surface area contributed by atoms with Gasteiger partial charge in [0, 0.05) is 19.3 Å². The van der Waals surface area contributed by atoms with Crippen LogP contribution in [0.2, 0.25) is 0 Å². The first kappa shape index (κ1) is 64.4. The van der Waals surface area contributed by atoms with Crippen LogP contribution in [0.15, 0.2) is 0 Å². The Hall–Kier alpha value is -1.59. The Morgan fingerprint density at radius 2 is 0.576 bits per heavy atom. The Labute approximate surface area is 412 Å². The molecule has 0 aromatic rings. The number of ether oxygens (including phenoxy) is 3. The fourth-order valence-electron chi connectivity index (χ4n) is 9.20. The van der Waals surface area contributed by atoms with Crippen molar-refractivity contribution in [3.63, 3.8) is 0 Å². The van der Waals surface area contributed by atoms with Gasteiger partial charge in [-0.15, -0.1) is 0 Å². The van der Waals surface area contributed by atoms with E-state index < -0.39 is 6.10 Å². The zero-order valence-electron chi connectivity index (χ0n) is 45.3. The molecule has 0 N–H and O–H groups in total. The predicted molar refractivity (Wildman–Crippen MR) is 284 cm³/mol. The minimum Gasteiger partial charge on any atom is -0.462 e. The molecular weight excluding hydrogens is 817 g/mol. The fraction of sp³-hybridized carbons (Fsp3) is 0.950. The van der Waals surface area contributed by atoms with E-state index in [1.807, 2.05) is 0 Å². The number of hydrogen-bond donors (Lipinski definition) is 0. The lowest BCUT2D eigenvalue weighted by Crippen LogP contribution is -2.30. The third-order valence-corrected chi connectivity index (χ3v) is 14.1. The summed E-state index contributed by atoms with van der Waals surface area (Å²) < 4.78 is 16.9. The van der Waals surface area contributed by atoms with E-state index in [-0.39, 0.29) is 31.1 Å². The molecule has 0 aliphatic rings. The van der Waals surface area contributed by atoms with Gasteiger partial charge in [0.15, 0.2) is 6.10 Å². The SMILES string of the molecule is CCCCCCCCCCCCCCCCCCC(=O)O[C@@H](COC(=O)CCCCCCCCCCCCCCCCC(C)CC)COC(=O)CCCCCCCCCCCCCC(C)C. The zero-order valence-corrected chi connectivity index (χ0v) is 45.3. The van der Waals surface area contributed by atoms with Crippen molar-refractivity contribution >= 4 is 17.9 Å². The second-order valence-corrected chi connectivity index (χ2v) is 21.4. The van der Waals surface area contributed by atoms with E-state index in [0.717, 1.165) is 69.6 Å². The van der Waals surface area contributed by atoms with Gasteiger partial charge >= 0.3 is 17.9 Å². The zero-order chi connectivity index (χ0) is 48.2. The molecule has 0 aromatic heterocycles. The van der Waals surface area contributed by atoms with E-state index in [9.17, 15) is 14.4 Å². The van der Waals surface area contributed by atoms with Crippen molar-refractivity contribution in [1.82, 2.24) is 0 Å². The minimum absolute atomic E-state index is 0.0625. The van der Waals surface area contributed by atoms with Gasteiger partial charge < -0.3 is 14.2 Å². The highest BCUT2D eigenvalue weighted by molar-refractivity contribution is 5.71. The van der Waals surface area contributed by atoms with E-state index in [0.29, 0.717) is 19.3 Å². The summed E-state index contributed by atoms with van der Waals surface area (Å²) in [6.45, 7) is 11.5. The molecule has 0 fully saturated rings. The highest BCUT2D eigenvalue weighted by Crippen LogP contribution is 2.19. The first-order chi connectivity index (χ1) is 32.3. The Balaban J connectivity index is 4.30. The summed E-state index contributed by atoms with van der Waals surface area (Å²) in [5, 5.41) is 0. The number of rotatable bonds is 54. The number of unbranched alkanes of at least 4 members (excludes halogenated alkanes) is 38. The summed E-state index contributed by atoms with van der Waals surface area (Å²) in [4.78, 5) is 38.2. The molecule has 0 radical (unpaired) electrons. The van der Waals surface area contributed by atoms with Crippen LogP contribution in [-0.2, 0) is 28.6 Å². The molecule has 0 bridgehead atoms. The van der Waals surface area contributed by atoms with Gasteiger partial charge in [0.25, 0.3) is 0 Å². The van der Waals surface area contributed by atoms with Crippen molar-refractivity contribution < 1.29 is 28.6 Å². The summed E-state index contributed by atoms with van der Waals surface area (Å²) in [5.74, 6) is 0.885. The van der Waals surface area contributed by atoms with Crippen LogP contribution in [0.4, 0.5) is 0 Å². The average molecular weight is 934 g/mol. The van der Waals surface area contributed by atoms with E-state index in [1.165, 1.54) is 225 Å². The smallest absolute Gasteiger partial charge is 0.306 e. The Kier molecular flexibility index (Phi) is 51.5. The van der Waals surface area contributed by atoms with Gasteiger partial charge in [-0.2, -0.15) is 0 Å². The Bertz CT molecular complexity index is 1010. The van der Waals surface area contributed by atoms with E-state index in [4.69, 9.17) is 14.2 Å². The summed E-state index contributed by atoms with van der Waals surface area (Å²) in [6.07, 6.45) is 56.6. The molecule has 0 rings (SSSR count). The number of carbonyl (C=O) groups is 3. The van der Waals surface area contributed by atoms with Crippen LogP contribution >= 0.6 is 0 Å². The van der Waals surface area contributed by atoms with Gasteiger partial charge in [0.1, 0.15) is 13.2 Å². The number of hydrogen-bond acceptors (Lipinski definition) is 6. The molecule has 0 heterocycles. The lowest BCUT2D eigenvalue weighted by atomic mass is 9.99. The second-order valence-electron chi connectivity index (χ2n) is 21.4. The van der Waals surface area contributed by atoms with Gasteiger partial charge in [0.2, 0.25) is 0 Å². The largest absolute Gasteiger partial charge is 0.462 e. The maximum atomic E-state index is 12.9. The molecule has 0 saturated carbocycles. The molecule has 1 unspecified atom stereocenters. The normalized spacial score (nSPS) is 12.5. The standard InChI is InChI=1S/C60H116O6/c1-6-8-9-10-11-12-13-14-15-16-21-26-32-37-42-47-52-60(63)66-57(54-65-59(62)51-46-41-36-31-27-22-23-28-33-38-43-48-55(3)4)53-64-58(61)50-45-40-35-30-25-20-18-17-19-24-29-34-39-44-49-56(5)7-2/h55-57H,6-54H2,1-5H3/t56?,57-/m0/s1. The quantitative estimate of drug-likeness (QED) is 0.0343. The van der Waals surface area contributed by atoms with Gasteiger partial charge in [-0.05, 0) is 31.1 Å². The molecule has 0 spiro atoms. The van der Waals surface area contributed by atoms with Crippen molar-refractivity contribution in [3.8, 4) is 0 Å². The van der Waals surface area contributed by atoms with Gasteiger partial charge in [-0.1, -0.05) is 298 Å². The summed E-state index contributed by atoms with van der Waals surface area (Å²) in [7, 11) is 0. The van der Waals surface area contributed by atoms with Crippen LogP contribution in [-0.4, -0.2) is 37.2 Å². The lowest BCUT2D eigenvalue weighted by Gasteiger charge is -2.18. The average Bonchev–Trinajstić information content (AvgIpc) is 3.30. The molecular formula is C60H116O6. The number of carbonyl (C=O) groups excluding carboxylic acids is 3. The first-order valence-electron chi connectivity index (χ1n) is 29.8. The van der Waals surface area contributed by atoms with Crippen molar-refractivity contribution in [1.29, 1.82) is 0 Å². The van der Waals surface area contributed by atoms with Crippen LogP contribution in [0.1, 0.15) is 336 Å². The summed E-state index contributed by atoms with van der Waals surface area (Å²) >= 11 is 0. The molecule has 0 saturated heterocycles. The Morgan fingerprint density at radius 1 is 0.318 bits per heavy atom. The van der Waals surface area contributed by atoms with Crippen molar-refractivity contribution in [2.45, 2.75) is 343 Å². The maximum Gasteiger partial charge on any atom is 0.306 e. The van der Waals surface area contributed by atoms with Crippen LogP contribution < -0.4 is 0 Å². The van der Waals surface area contributed by atoms with Crippen molar-refractivity contribution in [3.05, 3.63) is 0 Å². The van der Waals surface area contributed by atoms with Crippen molar-refractivity contribution in [2.75, 3.05) is 13.2 Å². The second kappa shape index (κ2) is 52.8.